The highest BCUT2D eigenvalue weighted by molar-refractivity contribution is 7.70. The topological polar surface area (TPSA) is 117 Å². The number of carbonyl (C=O) groups excluding carboxylic acids is 1. The van der Waals surface area contributed by atoms with Gasteiger partial charge < -0.3 is 14.6 Å². The zero-order valence-corrected chi connectivity index (χ0v) is 22.7. The van der Waals surface area contributed by atoms with Gasteiger partial charge in [0.1, 0.15) is 25.4 Å². The molecule has 11 heteroatoms. The third kappa shape index (κ3) is 5.21. The molecule has 0 aliphatic rings. The number of nitrogens with one attached hydrogen (secondary N) is 1. The zero-order valence-electron chi connectivity index (χ0n) is 21.8. The molecule has 0 fully saturated rings. The SMILES string of the molecule is CC(C)(C)OC(=O)n1ncc2c(/C=C/n3cnc4c(Nc5ccc(P(C)(C)=O)cc5)ncnc43)cccc21. The minimum absolute atomic E-state index is 0.529. The minimum atomic E-state index is -2.32. The molecule has 5 rings (SSSR count). The zero-order chi connectivity index (χ0) is 27.1. The van der Waals surface area contributed by atoms with Gasteiger partial charge in [0.2, 0.25) is 0 Å². The normalized spacial score (nSPS) is 12.4. The summed E-state index contributed by atoms with van der Waals surface area (Å²) in [6.45, 7) is 8.94. The summed E-state index contributed by atoms with van der Waals surface area (Å²) in [4.78, 5) is 25.9. The van der Waals surface area contributed by atoms with Crippen molar-refractivity contribution in [1.29, 1.82) is 0 Å². The lowest BCUT2D eigenvalue weighted by Crippen LogP contribution is -2.27. The Labute approximate surface area is 219 Å². The van der Waals surface area contributed by atoms with Crippen molar-refractivity contribution in [2.75, 3.05) is 18.6 Å². The molecule has 3 heterocycles. The molecule has 194 valence electrons. The molecule has 38 heavy (non-hydrogen) atoms. The summed E-state index contributed by atoms with van der Waals surface area (Å²) in [6.07, 6.45) is 8.02. The van der Waals surface area contributed by atoms with E-state index in [9.17, 15) is 9.36 Å². The largest absolute Gasteiger partial charge is 0.442 e. The highest BCUT2D eigenvalue weighted by Gasteiger charge is 2.20. The predicted molar refractivity (Wildman–Crippen MR) is 151 cm³/mol. The molecular formula is C27H28N7O3P. The fourth-order valence-electron chi connectivity index (χ4n) is 3.92. The van der Waals surface area contributed by atoms with Gasteiger partial charge in [0, 0.05) is 22.6 Å². The molecule has 10 nitrogen and oxygen atoms in total. The fraction of sp³-hybridized carbons (Fsp3) is 0.222. The summed E-state index contributed by atoms with van der Waals surface area (Å²) < 4.78 is 20.8. The van der Waals surface area contributed by atoms with Crippen LogP contribution in [-0.4, -0.2) is 54.3 Å². The third-order valence-corrected chi connectivity index (χ3v) is 7.28. The lowest BCUT2D eigenvalue weighted by molar-refractivity contribution is 0.0522. The van der Waals surface area contributed by atoms with E-state index in [1.165, 1.54) is 11.0 Å². The monoisotopic (exact) mass is 529 g/mol. The number of aromatic nitrogens is 6. The van der Waals surface area contributed by atoms with Crippen molar-refractivity contribution >= 4 is 64.4 Å². The van der Waals surface area contributed by atoms with E-state index >= 15 is 0 Å². The molecule has 0 radical (unpaired) electrons. The maximum Gasteiger partial charge on any atom is 0.435 e. The molecule has 0 spiro atoms. The molecular weight excluding hydrogens is 501 g/mol. The molecule has 0 saturated carbocycles. The van der Waals surface area contributed by atoms with Crippen molar-refractivity contribution < 1.29 is 14.1 Å². The van der Waals surface area contributed by atoms with Gasteiger partial charge in [-0.25, -0.2) is 19.7 Å². The lowest BCUT2D eigenvalue weighted by atomic mass is 10.1. The van der Waals surface area contributed by atoms with E-state index in [1.54, 1.807) is 30.4 Å². The van der Waals surface area contributed by atoms with Crippen LogP contribution in [0.2, 0.25) is 0 Å². The average Bonchev–Trinajstić information content (AvgIpc) is 3.47. The first-order valence-corrected chi connectivity index (χ1v) is 14.6. The number of hydrogen-bond donors (Lipinski definition) is 1. The molecule has 2 aromatic carbocycles. The van der Waals surface area contributed by atoms with Crippen LogP contribution >= 0.6 is 7.14 Å². The second-order valence-corrected chi connectivity index (χ2v) is 13.4. The number of imidazole rings is 1. The van der Waals surface area contributed by atoms with Gasteiger partial charge in [0.05, 0.1) is 11.7 Å². The molecule has 0 bridgehead atoms. The third-order valence-electron chi connectivity index (χ3n) is 5.74. The van der Waals surface area contributed by atoms with Gasteiger partial charge in [-0.3, -0.25) is 4.57 Å². The van der Waals surface area contributed by atoms with Gasteiger partial charge in [-0.1, -0.05) is 12.1 Å². The Hall–Kier alpha value is -4.30. The highest BCUT2D eigenvalue weighted by atomic mass is 31.2. The Bertz CT molecular complexity index is 1720. The van der Waals surface area contributed by atoms with E-state index in [4.69, 9.17) is 4.74 Å². The van der Waals surface area contributed by atoms with Crippen molar-refractivity contribution in [3.05, 3.63) is 66.9 Å². The second kappa shape index (κ2) is 9.54. The Kier molecular flexibility index (Phi) is 6.36. The molecule has 5 aromatic rings. The predicted octanol–water partition coefficient (Wildman–Crippen LogP) is 5.58. The summed E-state index contributed by atoms with van der Waals surface area (Å²) in [5, 5.41) is 9.15. The van der Waals surface area contributed by atoms with Crippen LogP contribution < -0.4 is 10.6 Å². The van der Waals surface area contributed by atoms with Crippen LogP contribution in [0.5, 0.6) is 0 Å². The van der Waals surface area contributed by atoms with Crippen molar-refractivity contribution in [1.82, 2.24) is 29.3 Å². The first-order chi connectivity index (χ1) is 18.0. The number of ether oxygens (including phenoxy) is 1. The van der Waals surface area contributed by atoms with E-state index in [0.717, 1.165) is 21.9 Å². The molecule has 0 aliphatic carbocycles. The molecule has 0 unspecified atom stereocenters. The fourth-order valence-corrected chi connectivity index (χ4v) is 4.79. The maximum absolute atomic E-state index is 12.6. The number of anilines is 2. The molecule has 0 atom stereocenters. The first kappa shape index (κ1) is 25.4. The van der Waals surface area contributed by atoms with Gasteiger partial charge >= 0.3 is 6.09 Å². The number of fused-ring (bicyclic) bond motifs is 2. The molecule has 3 aromatic heterocycles. The van der Waals surface area contributed by atoms with Crippen LogP contribution in [0.1, 0.15) is 26.3 Å². The van der Waals surface area contributed by atoms with Crippen LogP contribution in [0.25, 0.3) is 34.3 Å². The smallest absolute Gasteiger partial charge is 0.435 e. The van der Waals surface area contributed by atoms with E-state index in [1.807, 2.05) is 75.5 Å². The minimum Gasteiger partial charge on any atom is -0.442 e. The van der Waals surface area contributed by atoms with Gasteiger partial charge in [0.15, 0.2) is 17.0 Å². The Morgan fingerprint density at radius 3 is 2.53 bits per heavy atom. The van der Waals surface area contributed by atoms with Crippen LogP contribution in [0.15, 0.2) is 61.3 Å². The summed E-state index contributed by atoms with van der Waals surface area (Å²) >= 11 is 0. The standard InChI is InChI=1S/C27H28N7O3P/c1-27(2,3)37-26(35)34-22-8-6-7-18(21(22)15-31-34)13-14-33-17-30-23-24(28-16-29-25(23)33)32-19-9-11-20(12-10-19)38(4,5)36/h6-17H,1-5H3,(H,28,29,32)/b14-13+. The molecule has 0 saturated heterocycles. The summed E-state index contributed by atoms with van der Waals surface area (Å²) in [6, 6.07) is 13.1. The second-order valence-electron chi connectivity index (χ2n) is 10.2. The average molecular weight is 530 g/mol. The summed E-state index contributed by atoms with van der Waals surface area (Å²) in [5.74, 6) is 0.562. The Morgan fingerprint density at radius 2 is 1.82 bits per heavy atom. The van der Waals surface area contributed by atoms with Crippen molar-refractivity contribution in [3.63, 3.8) is 0 Å². The molecule has 1 N–H and O–H groups in total. The van der Waals surface area contributed by atoms with Crippen LogP contribution in [0, 0.1) is 0 Å². The number of benzene rings is 2. The summed E-state index contributed by atoms with van der Waals surface area (Å²) in [7, 11) is -2.32. The Balaban J connectivity index is 1.42. The van der Waals surface area contributed by atoms with E-state index < -0.39 is 18.8 Å². The lowest BCUT2D eigenvalue weighted by Gasteiger charge is -2.19. The first-order valence-electron chi connectivity index (χ1n) is 12.0. The van der Waals surface area contributed by atoms with Gasteiger partial charge in [-0.15, -0.1) is 0 Å². The molecule has 0 aliphatic heterocycles. The van der Waals surface area contributed by atoms with Gasteiger partial charge in [-0.05, 0) is 76.1 Å². The number of rotatable bonds is 5. The maximum atomic E-state index is 12.6. The van der Waals surface area contributed by atoms with E-state index in [2.05, 4.69) is 25.4 Å². The van der Waals surface area contributed by atoms with E-state index in [-0.39, 0.29) is 0 Å². The van der Waals surface area contributed by atoms with Crippen LogP contribution in [-0.2, 0) is 9.30 Å². The number of hydrogen-bond acceptors (Lipinski definition) is 8. The van der Waals surface area contributed by atoms with Gasteiger partial charge in [-0.2, -0.15) is 9.78 Å². The van der Waals surface area contributed by atoms with Crippen molar-refractivity contribution in [3.8, 4) is 0 Å². The molecule has 0 amide bonds. The number of nitrogens with zero attached hydrogens (tertiary/aromatic N) is 6. The number of carbonyl (C=O) groups is 1. The van der Waals surface area contributed by atoms with Crippen LogP contribution in [0.4, 0.5) is 16.3 Å². The quantitative estimate of drug-likeness (QED) is 0.293. The van der Waals surface area contributed by atoms with Crippen LogP contribution in [0.3, 0.4) is 0 Å². The van der Waals surface area contributed by atoms with Crippen molar-refractivity contribution in [2.45, 2.75) is 26.4 Å². The summed E-state index contributed by atoms with van der Waals surface area (Å²) in [5.41, 5.74) is 2.94. The van der Waals surface area contributed by atoms with E-state index in [0.29, 0.717) is 22.5 Å². The Morgan fingerprint density at radius 1 is 1.05 bits per heavy atom. The highest BCUT2D eigenvalue weighted by Crippen LogP contribution is 2.35. The van der Waals surface area contributed by atoms with Crippen molar-refractivity contribution in [2.24, 2.45) is 0 Å². The van der Waals surface area contributed by atoms with Gasteiger partial charge in [0.25, 0.3) is 0 Å².